The molecule has 7 nitrogen and oxygen atoms in total. The average molecular weight is 402 g/mol. The van der Waals surface area contributed by atoms with Gasteiger partial charge in [-0.1, -0.05) is 22.8 Å². The maximum atomic E-state index is 14.3. The molecule has 1 aliphatic heterocycles. The van der Waals surface area contributed by atoms with Gasteiger partial charge in [-0.2, -0.15) is 0 Å². The summed E-state index contributed by atoms with van der Waals surface area (Å²) < 4.78 is 24.7. The minimum Gasteiger partial charge on any atom is -0.482 e. The van der Waals surface area contributed by atoms with Crippen LogP contribution in [-0.4, -0.2) is 23.6 Å². The molecule has 1 aliphatic rings. The predicted molar refractivity (Wildman–Crippen MR) is 100 cm³/mol. The van der Waals surface area contributed by atoms with Crippen molar-refractivity contribution in [3.63, 3.8) is 0 Å². The number of rotatable bonds is 3. The van der Waals surface area contributed by atoms with E-state index in [2.05, 4.69) is 15.8 Å². The predicted octanol–water partition coefficient (Wildman–Crippen LogP) is 4.03. The van der Waals surface area contributed by atoms with Crippen molar-refractivity contribution < 1.29 is 23.2 Å². The lowest BCUT2D eigenvalue weighted by Crippen LogP contribution is -2.25. The van der Waals surface area contributed by atoms with Gasteiger partial charge in [-0.25, -0.2) is 4.39 Å². The van der Waals surface area contributed by atoms with Crippen molar-refractivity contribution >= 4 is 34.8 Å². The highest BCUT2D eigenvalue weighted by Gasteiger charge is 2.26. The first-order chi connectivity index (χ1) is 13.4. The van der Waals surface area contributed by atoms with Gasteiger partial charge in [0, 0.05) is 5.69 Å². The highest BCUT2D eigenvalue weighted by atomic mass is 35.5. The van der Waals surface area contributed by atoms with E-state index in [1.165, 1.54) is 18.2 Å². The molecular weight excluding hydrogens is 389 g/mol. The number of carbonyl (C=O) groups is 2. The van der Waals surface area contributed by atoms with Crippen LogP contribution in [0.4, 0.5) is 15.8 Å². The summed E-state index contributed by atoms with van der Waals surface area (Å²) in [5, 5.41) is 9.27. The number of hydrogen-bond acceptors (Lipinski definition) is 5. The van der Waals surface area contributed by atoms with Crippen molar-refractivity contribution in [2.24, 2.45) is 0 Å². The lowest BCUT2D eigenvalue weighted by molar-refractivity contribution is -0.118. The van der Waals surface area contributed by atoms with Crippen LogP contribution in [0.2, 0.25) is 5.02 Å². The molecule has 9 heteroatoms. The number of halogens is 2. The van der Waals surface area contributed by atoms with Gasteiger partial charge < -0.3 is 19.9 Å². The van der Waals surface area contributed by atoms with E-state index in [9.17, 15) is 14.0 Å². The summed E-state index contributed by atoms with van der Waals surface area (Å²) >= 11 is 6.10. The Morgan fingerprint density at radius 1 is 1.32 bits per heavy atom. The van der Waals surface area contributed by atoms with E-state index in [1.807, 2.05) is 0 Å². The summed E-state index contributed by atoms with van der Waals surface area (Å²) in [6.07, 6.45) is 0. The highest BCUT2D eigenvalue weighted by Crippen LogP contribution is 2.34. The maximum absolute atomic E-state index is 14.3. The summed E-state index contributed by atoms with van der Waals surface area (Å²) in [6.45, 7) is 1.48. The Bertz CT molecular complexity index is 1090. The number of aryl methyl sites for hydroxylation is 1. The lowest BCUT2D eigenvalue weighted by Gasteiger charge is -2.18. The van der Waals surface area contributed by atoms with Crippen LogP contribution in [0.3, 0.4) is 0 Å². The van der Waals surface area contributed by atoms with Crippen molar-refractivity contribution in [3.8, 4) is 17.0 Å². The molecule has 2 heterocycles. The number of aromatic nitrogens is 1. The Labute approximate surface area is 163 Å². The van der Waals surface area contributed by atoms with Crippen LogP contribution in [-0.2, 0) is 4.79 Å². The molecule has 3 aromatic rings. The first-order valence-corrected chi connectivity index (χ1v) is 8.60. The van der Waals surface area contributed by atoms with E-state index < -0.39 is 11.7 Å². The number of amides is 2. The second-order valence-electron chi connectivity index (χ2n) is 6.06. The van der Waals surface area contributed by atoms with E-state index >= 15 is 0 Å². The van der Waals surface area contributed by atoms with Crippen molar-refractivity contribution in [2.45, 2.75) is 6.92 Å². The molecule has 2 N–H and O–H groups in total. The van der Waals surface area contributed by atoms with Gasteiger partial charge in [0.25, 0.3) is 11.8 Å². The van der Waals surface area contributed by atoms with Crippen LogP contribution in [0.25, 0.3) is 11.3 Å². The summed E-state index contributed by atoms with van der Waals surface area (Å²) in [5.41, 5.74) is 0.893. The number of fused-ring (bicyclic) bond motifs is 1. The molecule has 0 atom stereocenters. The van der Waals surface area contributed by atoms with Crippen molar-refractivity contribution in [3.05, 3.63) is 58.6 Å². The average Bonchev–Trinajstić information content (AvgIpc) is 3.02. The van der Waals surface area contributed by atoms with Gasteiger partial charge in [0.05, 0.1) is 16.3 Å². The molecule has 0 fully saturated rings. The summed E-state index contributed by atoms with van der Waals surface area (Å²) in [6, 6.07) is 8.98. The highest BCUT2D eigenvalue weighted by molar-refractivity contribution is 6.33. The molecule has 2 aromatic carbocycles. The normalized spacial score (nSPS) is 12.8. The third-order valence-corrected chi connectivity index (χ3v) is 4.47. The fraction of sp³-hybridized carbons (Fsp3) is 0.105. The topological polar surface area (TPSA) is 93.5 Å². The molecule has 0 bridgehead atoms. The minimum absolute atomic E-state index is 0.00713. The van der Waals surface area contributed by atoms with Crippen LogP contribution < -0.4 is 15.4 Å². The second kappa shape index (κ2) is 6.97. The Kier molecular flexibility index (Phi) is 4.48. The van der Waals surface area contributed by atoms with Crippen molar-refractivity contribution in [2.75, 3.05) is 17.2 Å². The molecule has 0 spiro atoms. The minimum atomic E-state index is -0.622. The Balaban J connectivity index is 1.68. The molecule has 0 saturated carbocycles. The number of ether oxygens (including phenoxy) is 1. The molecule has 2 amide bonds. The first-order valence-electron chi connectivity index (χ1n) is 8.22. The fourth-order valence-corrected chi connectivity index (χ4v) is 3.14. The third kappa shape index (κ3) is 3.18. The number of anilines is 2. The summed E-state index contributed by atoms with van der Waals surface area (Å²) in [4.78, 5) is 24.3. The Morgan fingerprint density at radius 3 is 2.93 bits per heavy atom. The van der Waals surface area contributed by atoms with Crippen LogP contribution in [0, 0.1) is 12.7 Å². The molecule has 142 valence electrons. The summed E-state index contributed by atoms with van der Waals surface area (Å²) in [7, 11) is 0. The third-order valence-electron chi connectivity index (χ3n) is 4.16. The van der Waals surface area contributed by atoms with Gasteiger partial charge in [-0.3, -0.25) is 9.59 Å². The largest absolute Gasteiger partial charge is 0.482 e. The first kappa shape index (κ1) is 18.0. The van der Waals surface area contributed by atoms with Crippen LogP contribution >= 0.6 is 11.6 Å². The van der Waals surface area contributed by atoms with E-state index in [0.29, 0.717) is 17.1 Å². The van der Waals surface area contributed by atoms with Gasteiger partial charge in [0.1, 0.15) is 28.6 Å². The lowest BCUT2D eigenvalue weighted by atomic mass is 10.0. The van der Waals surface area contributed by atoms with E-state index in [4.69, 9.17) is 20.9 Å². The molecule has 4 rings (SSSR count). The Morgan fingerprint density at radius 2 is 2.14 bits per heavy atom. The zero-order valence-electron chi connectivity index (χ0n) is 14.5. The van der Waals surface area contributed by atoms with Gasteiger partial charge in [0.15, 0.2) is 6.61 Å². The quantitative estimate of drug-likeness (QED) is 0.691. The SMILES string of the molecule is Cc1onc(-c2c(F)cccc2Cl)c1C(=O)Nc1ccc2c(c1)NC(=O)CO2. The van der Waals surface area contributed by atoms with Crippen LogP contribution in [0.15, 0.2) is 40.9 Å². The van der Waals surface area contributed by atoms with Gasteiger partial charge in [-0.05, 0) is 37.3 Å². The molecule has 0 radical (unpaired) electrons. The number of nitrogens with one attached hydrogen (secondary N) is 2. The molecule has 1 aromatic heterocycles. The zero-order chi connectivity index (χ0) is 19.8. The number of hydrogen-bond donors (Lipinski definition) is 2. The Hall–Kier alpha value is -3.39. The fourth-order valence-electron chi connectivity index (χ4n) is 2.89. The molecule has 28 heavy (non-hydrogen) atoms. The van der Waals surface area contributed by atoms with Gasteiger partial charge in [-0.15, -0.1) is 0 Å². The molecule has 0 saturated heterocycles. The van der Waals surface area contributed by atoms with Crippen molar-refractivity contribution in [1.29, 1.82) is 0 Å². The van der Waals surface area contributed by atoms with E-state index in [-0.39, 0.29) is 40.1 Å². The van der Waals surface area contributed by atoms with E-state index in [0.717, 1.165) is 0 Å². The maximum Gasteiger partial charge on any atom is 0.262 e. The van der Waals surface area contributed by atoms with Gasteiger partial charge >= 0.3 is 0 Å². The number of carbonyl (C=O) groups excluding carboxylic acids is 2. The molecular formula is C19H13ClFN3O4. The van der Waals surface area contributed by atoms with Crippen LogP contribution in [0.5, 0.6) is 5.75 Å². The monoisotopic (exact) mass is 401 g/mol. The summed E-state index contributed by atoms with van der Waals surface area (Å²) in [5.74, 6) is -0.763. The smallest absolute Gasteiger partial charge is 0.262 e. The number of benzene rings is 2. The van der Waals surface area contributed by atoms with Crippen molar-refractivity contribution in [1.82, 2.24) is 5.16 Å². The van der Waals surface area contributed by atoms with Crippen LogP contribution in [0.1, 0.15) is 16.1 Å². The molecule has 0 aliphatic carbocycles. The van der Waals surface area contributed by atoms with Gasteiger partial charge in [0.2, 0.25) is 0 Å². The molecule has 0 unspecified atom stereocenters. The standard InChI is InChI=1S/C19H13ClFN3O4/c1-9-16(18(24-28-9)17-11(20)3-2-4-12(17)21)19(26)22-10-5-6-14-13(7-10)23-15(25)8-27-14/h2-7H,8H2,1H3,(H,22,26)(H,23,25). The second-order valence-corrected chi connectivity index (χ2v) is 6.47. The number of nitrogens with zero attached hydrogens (tertiary/aromatic N) is 1. The zero-order valence-corrected chi connectivity index (χ0v) is 15.3. The van der Waals surface area contributed by atoms with E-state index in [1.54, 1.807) is 25.1 Å².